The van der Waals surface area contributed by atoms with Crippen LogP contribution in [0.2, 0.25) is 0 Å². The van der Waals surface area contributed by atoms with Crippen LogP contribution >= 0.6 is 0 Å². The molecule has 0 aliphatic carbocycles. The maximum atomic E-state index is 11.8. The number of hydrogen-bond donors (Lipinski definition) is 1. The minimum Gasteiger partial charge on any atom is -0.481 e. The van der Waals surface area contributed by atoms with E-state index in [1.165, 1.54) is 0 Å². The molecule has 4 nitrogen and oxygen atoms in total. The Bertz CT molecular complexity index is 677. The molecule has 1 aromatic carbocycles. The molecule has 0 atom stereocenters. The highest BCUT2D eigenvalue weighted by Crippen LogP contribution is 2.25. The number of pyridine rings is 1. The SMILES string of the molecule is Cc1nccc(-c2cccc(C(=O)CC(=O)O)c2)c1C. The maximum absolute atomic E-state index is 11.8. The molecular formula is C16H15NO3. The Hall–Kier alpha value is -2.49. The summed E-state index contributed by atoms with van der Waals surface area (Å²) >= 11 is 0. The van der Waals surface area contributed by atoms with E-state index in [2.05, 4.69) is 4.98 Å². The number of nitrogens with zero attached hydrogens (tertiary/aromatic N) is 1. The summed E-state index contributed by atoms with van der Waals surface area (Å²) in [5.74, 6) is -1.50. The fourth-order valence-corrected chi connectivity index (χ4v) is 2.05. The number of aromatic nitrogens is 1. The number of aryl methyl sites for hydroxylation is 1. The van der Waals surface area contributed by atoms with Crippen LogP contribution in [0, 0.1) is 13.8 Å². The van der Waals surface area contributed by atoms with Gasteiger partial charge in [0.25, 0.3) is 0 Å². The molecule has 0 aliphatic rings. The topological polar surface area (TPSA) is 67.3 Å². The van der Waals surface area contributed by atoms with Crippen LogP contribution in [0.3, 0.4) is 0 Å². The second-order valence-electron chi connectivity index (χ2n) is 4.64. The molecule has 1 N–H and O–H groups in total. The van der Waals surface area contributed by atoms with Crippen molar-refractivity contribution in [2.45, 2.75) is 20.3 Å². The summed E-state index contributed by atoms with van der Waals surface area (Å²) in [4.78, 5) is 26.6. The van der Waals surface area contributed by atoms with Crippen LogP contribution in [0.15, 0.2) is 36.5 Å². The van der Waals surface area contributed by atoms with Gasteiger partial charge in [-0.15, -0.1) is 0 Å². The zero-order valence-electron chi connectivity index (χ0n) is 11.4. The second-order valence-corrected chi connectivity index (χ2v) is 4.64. The largest absolute Gasteiger partial charge is 0.481 e. The Morgan fingerprint density at radius 2 is 1.95 bits per heavy atom. The summed E-state index contributed by atoms with van der Waals surface area (Å²) in [5.41, 5.74) is 4.30. The Morgan fingerprint density at radius 1 is 1.20 bits per heavy atom. The smallest absolute Gasteiger partial charge is 0.311 e. The number of carbonyl (C=O) groups is 2. The van der Waals surface area contributed by atoms with E-state index in [-0.39, 0.29) is 5.78 Å². The van der Waals surface area contributed by atoms with Crippen LogP contribution < -0.4 is 0 Å². The van der Waals surface area contributed by atoms with Crippen molar-refractivity contribution in [1.29, 1.82) is 0 Å². The van der Waals surface area contributed by atoms with Gasteiger partial charge in [0.05, 0.1) is 0 Å². The second kappa shape index (κ2) is 5.65. The molecule has 1 aromatic heterocycles. The fourth-order valence-electron chi connectivity index (χ4n) is 2.05. The number of hydrogen-bond acceptors (Lipinski definition) is 3. The first-order valence-electron chi connectivity index (χ1n) is 6.26. The third-order valence-corrected chi connectivity index (χ3v) is 3.26. The molecule has 0 amide bonds. The van der Waals surface area contributed by atoms with Crippen LogP contribution in [-0.4, -0.2) is 21.8 Å². The molecule has 0 radical (unpaired) electrons. The molecule has 20 heavy (non-hydrogen) atoms. The van der Waals surface area contributed by atoms with Crippen LogP contribution in [0.5, 0.6) is 0 Å². The lowest BCUT2D eigenvalue weighted by Gasteiger charge is -2.09. The fraction of sp³-hybridized carbons (Fsp3) is 0.188. The summed E-state index contributed by atoms with van der Waals surface area (Å²) in [6, 6.07) is 8.92. The van der Waals surface area contributed by atoms with E-state index in [1.807, 2.05) is 26.0 Å². The van der Waals surface area contributed by atoms with E-state index < -0.39 is 12.4 Å². The van der Waals surface area contributed by atoms with Crippen molar-refractivity contribution in [3.63, 3.8) is 0 Å². The van der Waals surface area contributed by atoms with Gasteiger partial charge < -0.3 is 5.11 Å². The first-order valence-corrected chi connectivity index (χ1v) is 6.26. The highest BCUT2D eigenvalue weighted by molar-refractivity contribution is 6.06. The number of rotatable bonds is 4. The number of ketones is 1. The minimum absolute atomic E-state index is 0.386. The number of carbonyl (C=O) groups excluding carboxylic acids is 1. The van der Waals surface area contributed by atoms with Crippen molar-refractivity contribution in [1.82, 2.24) is 4.98 Å². The molecule has 0 unspecified atom stereocenters. The van der Waals surface area contributed by atoms with E-state index in [9.17, 15) is 9.59 Å². The van der Waals surface area contributed by atoms with Gasteiger partial charge in [-0.05, 0) is 42.7 Å². The van der Waals surface area contributed by atoms with Crippen molar-refractivity contribution in [2.24, 2.45) is 0 Å². The summed E-state index contributed by atoms with van der Waals surface area (Å²) < 4.78 is 0. The molecule has 0 fully saturated rings. The zero-order chi connectivity index (χ0) is 14.7. The van der Waals surface area contributed by atoms with E-state index in [4.69, 9.17) is 5.11 Å². The van der Waals surface area contributed by atoms with Crippen molar-refractivity contribution in [3.8, 4) is 11.1 Å². The van der Waals surface area contributed by atoms with E-state index in [1.54, 1.807) is 24.4 Å². The van der Waals surface area contributed by atoms with Crippen molar-refractivity contribution in [3.05, 3.63) is 53.3 Å². The minimum atomic E-state index is -1.11. The van der Waals surface area contributed by atoms with E-state index in [0.717, 1.165) is 22.4 Å². The molecule has 2 rings (SSSR count). The van der Waals surface area contributed by atoms with Gasteiger partial charge in [-0.3, -0.25) is 14.6 Å². The molecule has 4 heteroatoms. The van der Waals surface area contributed by atoms with Gasteiger partial charge in [0.1, 0.15) is 6.42 Å². The number of benzene rings is 1. The average molecular weight is 269 g/mol. The molecule has 0 saturated carbocycles. The lowest BCUT2D eigenvalue weighted by atomic mass is 9.97. The molecule has 102 valence electrons. The summed E-state index contributed by atoms with van der Waals surface area (Å²) in [7, 11) is 0. The van der Waals surface area contributed by atoms with E-state index >= 15 is 0 Å². The number of carboxylic acid groups (broad SMARTS) is 1. The molecule has 2 aromatic rings. The summed E-state index contributed by atoms with van der Waals surface area (Å²) in [6.07, 6.45) is 1.24. The van der Waals surface area contributed by atoms with Gasteiger partial charge >= 0.3 is 5.97 Å². The monoisotopic (exact) mass is 269 g/mol. The van der Waals surface area contributed by atoms with Crippen LogP contribution in [-0.2, 0) is 4.79 Å². The van der Waals surface area contributed by atoms with Gasteiger partial charge in [0.15, 0.2) is 5.78 Å². The molecule has 1 heterocycles. The van der Waals surface area contributed by atoms with Crippen LogP contribution in [0.25, 0.3) is 11.1 Å². The predicted molar refractivity (Wildman–Crippen MR) is 75.7 cm³/mol. The average Bonchev–Trinajstić information content (AvgIpc) is 2.41. The van der Waals surface area contributed by atoms with Gasteiger partial charge in [-0.2, -0.15) is 0 Å². The highest BCUT2D eigenvalue weighted by atomic mass is 16.4. The summed E-state index contributed by atoms with van der Waals surface area (Å²) in [5, 5.41) is 8.68. The lowest BCUT2D eigenvalue weighted by molar-refractivity contribution is -0.135. The van der Waals surface area contributed by atoms with Crippen LogP contribution in [0.4, 0.5) is 0 Å². The van der Waals surface area contributed by atoms with Gasteiger partial charge in [-0.25, -0.2) is 0 Å². The van der Waals surface area contributed by atoms with E-state index in [0.29, 0.717) is 5.56 Å². The Morgan fingerprint density at radius 3 is 2.65 bits per heavy atom. The molecule has 0 aliphatic heterocycles. The molecule has 0 bridgehead atoms. The summed E-state index contributed by atoms with van der Waals surface area (Å²) in [6.45, 7) is 3.90. The van der Waals surface area contributed by atoms with Gasteiger partial charge in [-0.1, -0.05) is 18.2 Å². The van der Waals surface area contributed by atoms with Gasteiger partial charge in [0.2, 0.25) is 0 Å². The molecular weight excluding hydrogens is 254 g/mol. The number of Topliss-reactive ketones (excluding diaryl/α,β-unsaturated/α-hetero) is 1. The van der Waals surface area contributed by atoms with Crippen molar-refractivity contribution < 1.29 is 14.7 Å². The number of aliphatic carboxylic acids is 1. The Balaban J connectivity index is 2.42. The molecule has 0 spiro atoms. The van der Waals surface area contributed by atoms with Crippen LogP contribution in [0.1, 0.15) is 28.0 Å². The quantitative estimate of drug-likeness (QED) is 0.684. The zero-order valence-corrected chi connectivity index (χ0v) is 11.4. The first-order chi connectivity index (χ1) is 9.49. The standard InChI is InChI=1S/C16H15NO3/c1-10-11(2)17-7-6-14(10)12-4-3-5-13(8-12)15(18)9-16(19)20/h3-8H,9H2,1-2H3,(H,19,20). The van der Waals surface area contributed by atoms with Crippen molar-refractivity contribution >= 4 is 11.8 Å². The Kier molecular flexibility index (Phi) is 3.94. The normalized spacial score (nSPS) is 10.3. The highest BCUT2D eigenvalue weighted by Gasteiger charge is 2.12. The number of carboxylic acids is 1. The third kappa shape index (κ3) is 2.91. The predicted octanol–water partition coefficient (Wildman–Crippen LogP) is 3.02. The van der Waals surface area contributed by atoms with Gasteiger partial charge in [0, 0.05) is 17.5 Å². The molecule has 0 saturated heterocycles. The maximum Gasteiger partial charge on any atom is 0.311 e. The van der Waals surface area contributed by atoms with Crippen molar-refractivity contribution in [2.75, 3.05) is 0 Å². The third-order valence-electron chi connectivity index (χ3n) is 3.26. The first kappa shape index (κ1) is 13.9. The lowest BCUT2D eigenvalue weighted by Crippen LogP contribution is -2.07. The Labute approximate surface area is 117 Å².